The Hall–Kier alpha value is -3.99. The number of nitrogens with zero attached hydrogens (tertiary/aromatic N) is 6. The van der Waals surface area contributed by atoms with Gasteiger partial charge >= 0.3 is 0 Å². The van der Waals surface area contributed by atoms with Gasteiger partial charge in [-0.1, -0.05) is 6.07 Å². The van der Waals surface area contributed by atoms with E-state index in [0.29, 0.717) is 40.3 Å². The number of carbonyl (C=O) groups excluding carboxylic acids is 1. The molecule has 8 nitrogen and oxygen atoms in total. The summed E-state index contributed by atoms with van der Waals surface area (Å²) in [6.07, 6.45) is 6.47. The molecule has 0 bridgehead atoms. The molecule has 1 fully saturated rings. The summed E-state index contributed by atoms with van der Waals surface area (Å²) in [6, 6.07) is 6.64. The van der Waals surface area contributed by atoms with Crippen LogP contribution < -0.4 is 10.2 Å². The monoisotopic (exact) mass is 519 g/mol. The molecule has 1 N–H and O–H groups in total. The van der Waals surface area contributed by atoms with E-state index in [2.05, 4.69) is 30.3 Å². The van der Waals surface area contributed by atoms with Crippen LogP contribution in [0.3, 0.4) is 0 Å². The van der Waals surface area contributed by atoms with Gasteiger partial charge in [0.15, 0.2) is 5.65 Å². The molecule has 1 aliphatic heterocycles. The molecule has 6 rings (SSSR count). The number of aromatic nitrogens is 5. The van der Waals surface area contributed by atoms with Crippen LogP contribution in [0.4, 0.5) is 14.6 Å². The maximum Gasteiger partial charge on any atom is 0.225 e. The first kappa shape index (κ1) is 23.4. The average molecular weight is 520 g/mol. The van der Waals surface area contributed by atoms with E-state index in [0.717, 1.165) is 29.5 Å². The first-order valence-electron chi connectivity index (χ1n) is 12.0. The zero-order valence-corrected chi connectivity index (χ0v) is 20.8. The van der Waals surface area contributed by atoms with Crippen molar-refractivity contribution in [2.45, 2.75) is 26.3 Å². The van der Waals surface area contributed by atoms with Gasteiger partial charge in [-0.25, -0.2) is 23.4 Å². The van der Waals surface area contributed by atoms with Crippen molar-refractivity contribution >= 4 is 44.2 Å². The number of rotatable bonds is 5. The lowest BCUT2D eigenvalue weighted by molar-refractivity contribution is -0.125. The molecule has 1 amide bonds. The molecule has 1 saturated heterocycles. The smallest absolute Gasteiger partial charge is 0.225 e. The summed E-state index contributed by atoms with van der Waals surface area (Å²) in [5.74, 6) is -0.190. The highest BCUT2D eigenvalue weighted by Gasteiger charge is 2.28. The zero-order valence-electron chi connectivity index (χ0n) is 20.0. The number of anilines is 1. The van der Waals surface area contributed by atoms with E-state index < -0.39 is 0 Å². The van der Waals surface area contributed by atoms with Gasteiger partial charge in [0.25, 0.3) is 0 Å². The Morgan fingerprint density at radius 1 is 1.16 bits per heavy atom. The minimum atomic E-state index is -0.302. The summed E-state index contributed by atoms with van der Waals surface area (Å²) >= 11 is 1.31. The van der Waals surface area contributed by atoms with Crippen LogP contribution in [-0.4, -0.2) is 43.7 Å². The number of carbonyl (C=O) groups is 1. The Morgan fingerprint density at radius 2 is 2.05 bits per heavy atom. The summed E-state index contributed by atoms with van der Waals surface area (Å²) in [5, 5.41) is 10.2. The first-order chi connectivity index (χ1) is 18.0. The molecule has 1 aliphatic rings. The maximum absolute atomic E-state index is 14.1. The van der Waals surface area contributed by atoms with E-state index in [1.54, 1.807) is 42.2 Å². The van der Waals surface area contributed by atoms with Crippen LogP contribution in [0.2, 0.25) is 0 Å². The summed E-state index contributed by atoms with van der Waals surface area (Å²) in [4.78, 5) is 28.2. The van der Waals surface area contributed by atoms with Crippen molar-refractivity contribution < 1.29 is 13.6 Å². The number of pyridine rings is 1. The predicted molar refractivity (Wildman–Crippen MR) is 138 cm³/mol. The molecule has 1 aromatic carbocycles. The lowest BCUT2D eigenvalue weighted by atomic mass is 9.97. The highest BCUT2D eigenvalue weighted by molar-refractivity contribution is 7.17. The Labute approximate surface area is 215 Å². The van der Waals surface area contributed by atoms with Gasteiger partial charge in [-0.15, -0.1) is 16.4 Å². The van der Waals surface area contributed by atoms with Gasteiger partial charge in [-0.05, 0) is 43.5 Å². The second kappa shape index (κ2) is 9.47. The number of fused-ring (bicyclic) bond motifs is 2. The molecule has 1 atom stereocenters. The summed E-state index contributed by atoms with van der Waals surface area (Å²) in [6.45, 7) is 3.19. The van der Waals surface area contributed by atoms with Gasteiger partial charge in [0.1, 0.15) is 23.8 Å². The van der Waals surface area contributed by atoms with E-state index >= 15 is 0 Å². The van der Waals surface area contributed by atoms with Crippen LogP contribution in [0, 0.1) is 24.5 Å². The third kappa shape index (κ3) is 4.50. The van der Waals surface area contributed by atoms with Crippen LogP contribution in [-0.2, 0) is 11.3 Å². The Bertz CT molecular complexity index is 1630. The SMILES string of the molecule is Cc1ccc(-n2cc3c(N4CCCC(C(=O)NCc5cc6c(F)csc6cn5)C4)ncnc3n2)cc1F. The molecule has 188 valence electrons. The second-order valence-corrected chi connectivity index (χ2v) is 10.1. The Morgan fingerprint density at radius 3 is 2.92 bits per heavy atom. The molecule has 0 saturated carbocycles. The fourth-order valence-electron chi connectivity index (χ4n) is 4.68. The number of amides is 1. The molecular weight excluding hydrogens is 496 g/mol. The van der Waals surface area contributed by atoms with Gasteiger partial charge in [0, 0.05) is 36.2 Å². The molecule has 0 spiro atoms. The molecular formula is C26H23F2N7OS. The molecule has 11 heteroatoms. The van der Waals surface area contributed by atoms with Gasteiger partial charge in [0.05, 0.1) is 33.9 Å². The highest BCUT2D eigenvalue weighted by atomic mass is 32.1. The van der Waals surface area contributed by atoms with Gasteiger partial charge in [-0.3, -0.25) is 9.78 Å². The van der Waals surface area contributed by atoms with Crippen LogP contribution in [0.1, 0.15) is 24.1 Å². The minimum Gasteiger partial charge on any atom is -0.355 e. The number of thiophene rings is 1. The van der Waals surface area contributed by atoms with Crippen LogP contribution in [0.15, 0.2) is 48.4 Å². The van der Waals surface area contributed by atoms with Gasteiger partial charge in [-0.2, -0.15) is 0 Å². The van der Waals surface area contributed by atoms with E-state index in [9.17, 15) is 13.6 Å². The molecule has 4 aromatic heterocycles. The van der Waals surface area contributed by atoms with Gasteiger partial charge in [0.2, 0.25) is 5.91 Å². The van der Waals surface area contributed by atoms with Crippen molar-refractivity contribution in [1.29, 1.82) is 0 Å². The van der Waals surface area contributed by atoms with E-state index in [1.165, 1.54) is 29.1 Å². The fourth-order valence-corrected chi connectivity index (χ4v) is 5.44. The summed E-state index contributed by atoms with van der Waals surface area (Å²) in [5.41, 5.74) is 2.27. The van der Waals surface area contributed by atoms with Crippen molar-refractivity contribution in [3.05, 3.63) is 71.3 Å². The van der Waals surface area contributed by atoms with Crippen molar-refractivity contribution in [3.8, 4) is 5.69 Å². The number of hydrogen-bond donors (Lipinski definition) is 1. The van der Waals surface area contributed by atoms with Crippen molar-refractivity contribution in [1.82, 2.24) is 30.0 Å². The van der Waals surface area contributed by atoms with Crippen LogP contribution >= 0.6 is 11.3 Å². The number of hydrogen-bond acceptors (Lipinski definition) is 7. The molecule has 5 heterocycles. The summed E-state index contributed by atoms with van der Waals surface area (Å²) < 4.78 is 30.4. The first-order valence-corrected chi connectivity index (χ1v) is 12.9. The molecule has 0 radical (unpaired) electrons. The fraction of sp³-hybridized carbons (Fsp3) is 0.269. The standard InChI is InChI=1S/C26H23F2N7OS/c1-15-4-5-18(8-21(15)27)35-12-20-24(33-35)31-14-32-25(20)34-6-2-3-16(11-34)26(36)30-9-17-7-19-22(28)13-37-23(19)10-29-17/h4-5,7-8,10,12-14,16H,2-3,6,9,11H2,1H3,(H,30,36). The van der Waals surface area contributed by atoms with Gasteiger partial charge < -0.3 is 10.2 Å². The quantitative estimate of drug-likeness (QED) is 0.367. The van der Waals surface area contributed by atoms with Crippen LogP contribution in [0.25, 0.3) is 26.8 Å². The molecule has 5 aromatic rings. The average Bonchev–Trinajstić information content (AvgIpc) is 3.52. The van der Waals surface area contributed by atoms with Crippen molar-refractivity contribution in [3.63, 3.8) is 0 Å². The Kier molecular flexibility index (Phi) is 5.99. The van der Waals surface area contributed by atoms with E-state index in [-0.39, 0.29) is 30.0 Å². The number of nitrogens with one attached hydrogen (secondary N) is 1. The van der Waals surface area contributed by atoms with E-state index in [4.69, 9.17) is 0 Å². The number of benzene rings is 1. The normalized spacial score (nSPS) is 16.0. The largest absolute Gasteiger partial charge is 0.355 e. The molecule has 0 aliphatic carbocycles. The van der Waals surface area contributed by atoms with Crippen molar-refractivity contribution in [2.75, 3.05) is 18.0 Å². The number of aryl methyl sites for hydroxylation is 1. The van der Waals surface area contributed by atoms with Crippen molar-refractivity contribution in [2.24, 2.45) is 5.92 Å². The third-order valence-corrected chi connectivity index (χ3v) is 7.63. The summed E-state index contributed by atoms with van der Waals surface area (Å²) in [7, 11) is 0. The second-order valence-electron chi connectivity index (χ2n) is 9.20. The topological polar surface area (TPSA) is 88.8 Å². The third-order valence-electron chi connectivity index (χ3n) is 6.72. The Balaban J connectivity index is 1.18. The minimum absolute atomic E-state index is 0.0755. The van der Waals surface area contributed by atoms with E-state index in [1.807, 2.05) is 0 Å². The number of halogens is 2. The number of piperidine rings is 1. The lowest BCUT2D eigenvalue weighted by Gasteiger charge is -2.33. The highest BCUT2D eigenvalue weighted by Crippen LogP contribution is 2.29. The molecule has 1 unspecified atom stereocenters. The lowest BCUT2D eigenvalue weighted by Crippen LogP contribution is -2.43. The molecule has 37 heavy (non-hydrogen) atoms. The maximum atomic E-state index is 14.1. The predicted octanol–water partition coefficient (Wildman–Crippen LogP) is 4.54. The zero-order chi connectivity index (χ0) is 25.5. The van der Waals surface area contributed by atoms with Crippen LogP contribution in [0.5, 0.6) is 0 Å².